The van der Waals surface area contributed by atoms with E-state index in [0.29, 0.717) is 16.3 Å². The number of nitrogens with zero attached hydrogens (tertiary/aromatic N) is 2. The maximum atomic E-state index is 12.6. The van der Waals surface area contributed by atoms with Crippen molar-refractivity contribution in [1.82, 2.24) is 15.3 Å². The fourth-order valence-electron chi connectivity index (χ4n) is 1.80. The second-order valence-electron chi connectivity index (χ2n) is 4.09. The summed E-state index contributed by atoms with van der Waals surface area (Å²) in [6, 6.07) is 5.89. The Hall–Kier alpha value is -2.06. The molecule has 1 aromatic carbocycles. The minimum absolute atomic E-state index is 0.0446. The van der Waals surface area contributed by atoms with Gasteiger partial charge in [-0.3, -0.25) is 14.7 Å². The molecule has 0 saturated heterocycles. The predicted molar refractivity (Wildman–Crippen MR) is 75.1 cm³/mol. The SMILES string of the molecule is Cn1ccc(OCc2c(SCF)cccc2C(=O)NO)n1. The summed E-state index contributed by atoms with van der Waals surface area (Å²) in [5, 5.41) is 12.8. The highest BCUT2D eigenvalue weighted by Gasteiger charge is 2.16. The second-order valence-corrected chi connectivity index (χ2v) is 5.04. The van der Waals surface area contributed by atoms with E-state index in [1.807, 2.05) is 0 Å². The van der Waals surface area contributed by atoms with Crippen molar-refractivity contribution in [1.29, 1.82) is 0 Å². The molecule has 0 spiro atoms. The van der Waals surface area contributed by atoms with Gasteiger partial charge >= 0.3 is 0 Å². The molecule has 2 rings (SSSR count). The van der Waals surface area contributed by atoms with Gasteiger partial charge in [-0.05, 0) is 12.1 Å². The third kappa shape index (κ3) is 3.73. The van der Waals surface area contributed by atoms with Crippen LogP contribution in [0.25, 0.3) is 0 Å². The number of hydrogen-bond acceptors (Lipinski definition) is 5. The fourth-order valence-corrected chi connectivity index (χ4v) is 2.43. The summed E-state index contributed by atoms with van der Waals surface area (Å²) in [6.07, 6.45) is 1.72. The number of carbonyl (C=O) groups excluding carboxylic acids is 1. The van der Waals surface area contributed by atoms with E-state index in [2.05, 4.69) is 5.10 Å². The first-order valence-electron chi connectivity index (χ1n) is 6.03. The zero-order valence-electron chi connectivity index (χ0n) is 11.2. The molecule has 0 radical (unpaired) electrons. The van der Waals surface area contributed by atoms with Crippen LogP contribution in [0.15, 0.2) is 35.4 Å². The molecular weight excluding hydrogens is 297 g/mol. The number of hydroxylamine groups is 1. The van der Waals surface area contributed by atoms with E-state index >= 15 is 0 Å². The first kappa shape index (κ1) is 15.3. The fraction of sp³-hybridized carbons (Fsp3) is 0.231. The molecular formula is C13H14FN3O3S. The monoisotopic (exact) mass is 311 g/mol. The van der Waals surface area contributed by atoms with Gasteiger partial charge in [0.1, 0.15) is 12.6 Å². The highest BCUT2D eigenvalue weighted by molar-refractivity contribution is 7.99. The highest BCUT2D eigenvalue weighted by Crippen LogP contribution is 2.27. The number of amides is 1. The number of aryl methyl sites for hydroxylation is 1. The topological polar surface area (TPSA) is 76.4 Å². The summed E-state index contributed by atoms with van der Waals surface area (Å²) < 4.78 is 19.7. The number of alkyl halides is 1. The summed E-state index contributed by atoms with van der Waals surface area (Å²) in [7, 11) is 1.75. The van der Waals surface area contributed by atoms with E-state index < -0.39 is 11.9 Å². The molecule has 2 aromatic rings. The first-order valence-corrected chi connectivity index (χ1v) is 7.01. The van der Waals surface area contributed by atoms with E-state index in [0.717, 1.165) is 11.8 Å². The molecule has 0 aliphatic carbocycles. The normalized spacial score (nSPS) is 10.4. The lowest BCUT2D eigenvalue weighted by atomic mass is 10.1. The van der Waals surface area contributed by atoms with E-state index in [1.54, 1.807) is 41.6 Å². The molecule has 6 nitrogen and oxygen atoms in total. The minimum atomic E-state index is -0.670. The number of halogens is 1. The van der Waals surface area contributed by atoms with Gasteiger partial charge in [0.15, 0.2) is 0 Å². The lowest BCUT2D eigenvalue weighted by molar-refractivity contribution is 0.0703. The van der Waals surface area contributed by atoms with E-state index in [1.165, 1.54) is 6.07 Å². The van der Waals surface area contributed by atoms with Crippen molar-refractivity contribution < 1.29 is 19.1 Å². The molecule has 1 amide bonds. The Bertz CT molecular complexity index is 633. The lowest BCUT2D eigenvalue weighted by Crippen LogP contribution is -2.21. The molecule has 0 saturated carbocycles. The number of thioether (sulfide) groups is 1. The Morgan fingerprint density at radius 2 is 2.33 bits per heavy atom. The van der Waals surface area contributed by atoms with Crippen molar-refractivity contribution >= 4 is 17.7 Å². The number of rotatable bonds is 6. The average molecular weight is 311 g/mol. The number of carbonyl (C=O) groups is 1. The van der Waals surface area contributed by atoms with Crippen LogP contribution in [0, 0.1) is 0 Å². The molecule has 8 heteroatoms. The van der Waals surface area contributed by atoms with Crippen LogP contribution in [-0.2, 0) is 13.7 Å². The van der Waals surface area contributed by atoms with E-state index in [4.69, 9.17) is 9.94 Å². The van der Waals surface area contributed by atoms with Crippen LogP contribution in [0.4, 0.5) is 4.39 Å². The van der Waals surface area contributed by atoms with Crippen LogP contribution in [0.1, 0.15) is 15.9 Å². The third-order valence-corrected chi connectivity index (χ3v) is 3.55. The van der Waals surface area contributed by atoms with Gasteiger partial charge in [-0.15, -0.1) is 5.10 Å². The molecule has 1 aromatic heterocycles. The maximum absolute atomic E-state index is 12.6. The molecule has 0 bridgehead atoms. The number of hydrogen-bond donors (Lipinski definition) is 2. The second kappa shape index (κ2) is 7.09. The summed E-state index contributed by atoms with van der Waals surface area (Å²) in [5.74, 6) is -0.274. The Balaban J connectivity index is 2.27. The van der Waals surface area contributed by atoms with Crippen LogP contribution in [0.2, 0.25) is 0 Å². The highest BCUT2D eigenvalue weighted by atomic mass is 32.2. The first-order chi connectivity index (χ1) is 10.2. The number of ether oxygens (including phenoxy) is 1. The molecule has 0 atom stereocenters. The summed E-state index contributed by atoms with van der Waals surface area (Å²) >= 11 is 0.950. The van der Waals surface area contributed by atoms with Crippen molar-refractivity contribution in [2.24, 2.45) is 7.05 Å². The molecule has 0 unspecified atom stereocenters. The number of benzene rings is 1. The molecule has 0 fully saturated rings. The van der Waals surface area contributed by atoms with E-state index in [9.17, 15) is 9.18 Å². The van der Waals surface area contributed by atoms with Gasteiger partial charge in [-0.1, -0.05) is 17.8 Å². The van der Waals surface area contributed by atoms with Crippen molar-refractivity contribution in [3.63, 3.8) is 0 Å². The van der Waals surface area contributed by atoms with Gasteiger partial charge in [0.2, 0.25) is 5.88 Å². The molecule has 112 valence electrons. The van der Waals surface area contributed by atoms with Crippen molar-refractivity contribution in [3.05, 3.63) is 41.6 Å². The molecule has 1 heterocycles. The smallest absolute Gasteiger partial charge is 0.275 e. The number of nitrogens with one attached hydrogen (secondary N) is 1. The van der Waals surface area contributed by atoms with Crippen LogP contribution >= 0.6 is 11.8 Å². The molecule has 0 aliphatic heterocycles. The largest absolute Gasteiger partial charge is 0.472 e. The molecule has 0 aliphatic rings. The van der Waals surface area contributed by atoms with E-state index in [-0.39, 0.29) is 12.2 Å². The zero-order valence-corrected chi connectivity index (χ0v) is 12.1. The van der Waals surface area contributed by atoms with Crippen molar-refractivity contribution in [3.8, 4) is 5.88 Å². The van der Waals surface area contributed by atoms with Crippen LogP contribution < -0.4 is 10.2 Å². The molecule has 21 heavy (non-hydrogen) atoms. The van der Waals surface area contributed by atoms with Gasteiger partial charge in [-0.25, -0.2) is 9.87 Å². The summed E-state index contributed by atoms with van der Waals surface area (Å²) in [6.45, 7) is 0.0446. The average Bonchev–Trinajstić information content (AvgIpc) is 2.91. The van der Waals surface area contributed by atoms with Gasteiger partial charge in [-0.2, -0.15) is 0 Å². The Morgan fingerprint density at radius 1 is 1.52 bits per heavy atom. The summed E-state index contributed by atoms with van der Waals surface area (Å²) in [5.41, 5.74) is 2.30. The Labute approximate surface area is 124 Å². The predicted octanol–water partition coefficient (Wildman–Crippen LogP) is 2.14. The zero-order chi connectivity index (χ0) is 15.2. The maximum Gasteiger partial charge on any atom is 0.275 e. The van der Waals surface area contributed by atoms with Crippen LogP contribution in [0.5, 0.6) is 5.88 Å². The Kier molecular flexibility index (Phi) is 5.18. The van der Waals surface area contributed by atoms with Crippen molar-refractivity contribution in [2.45, 2.75) is 11.5 Å². The van der Waals surface area contributed by atoms with Crippen LogP contribution in [0.3, 0.4) is 0 Å². The van der Waals surface area contributed by atoms with Crippen LogP contribution in [-0.4, -0.2) is 26.9 Å². The standard InChI is InChI=1S/C13H14FN3O3S/c1-17-6-5-12(15-17)20-7-10-9(13(18)16-19)3-2-4-11(10)21-8-14/h2-6,19H,7-8H2,1H3,(H,16,18). The van der Waals surface area contributed by atoms with Gasteiger partial charge in [0.05, 0.1) is 0 Å². The lowest BCUT2D eigenvalue weighted by Gasteiger charge is -2.12. The number of aromatic nitrogens is 2. The Morgan fingerprint density at radius 3 is 2.95 bits per heavy atom. The van der Waals surface area contributed by atoms with Gasteiger partial charge in [0.25, 0.3) is 5.91 Å². The molecule has 2 N–H and O–H groups in total. The van der Waals surface area contributed by atoms with Crippen molar-refractivity contribution in [2.75, 3.05) is 6.01 Å². The van der Waals surface area contributed by atoms with Gasteiger partial charge in [0, 0.05) is 35.3 Å². The van der Waals surface area contributed by atoms with Gasteiger partial charge < -0.3 is 4.74 Å². The third-order valence-electron chi connectivity index (χ3n) is 2.74. The minimum Gasteiger partial charge on any atom is -0.472 e. The summed E-state index contributed by atoms with van der Waals surface area (Å²) in [4.78, 5) is 12.2. The quantitative estimate of drug-likeness (QED) is 0.485.